The van der Waals surface area contributed by atoms with Gasteiger partial charge in [0.2, 0.25) is 5.91 Å². The lowest BCUT2D eigenvalue weighted by atomic mass is 10.0. The molecule has 0 saturated heterocycles. The zero-order valence-corrected chi connectivity index (χ0v) is 27.0. The number of hydrogen-bond acceptors (Lipinski definition) is 6. The molecule has 47 heavy (non-hydrogen) atoms. The van der Waals surface area contributed by atoms with Crippen molar-refractivity contribution >= 4 is 34.8 Å². The molecule has 4 aromatic rings. The SMILES string of the molecule is CCCCCCCOc1ccc(Nc2ccc(C[C@H](NC(=O)c3ccc(NC(=O)Cc4ccc(OC)cc4)cc3)C(=O)O)cc2)cc1. The molecule has 4 rings (SSSR count). The minimum atomic E-state index is -1.13. The molecule has 0 radical (unpaired) electrons. The first-order valence-corrected chi connectivity index (χ1v) is 16.0. The summed E-state index contributed by atoms with van der Waals surface area (Å²) >= 11 is 0. The fourth-order valence-corrected chi connectivity index (χ4v) is 4.94. The number of rotatable bonds is 18. The summed E-state index contributed by atoms with van der Waals surface area (Å²) in [4.78, 5) is 37.3. The zero-order valence-electron chi connectivity index (χ0n) is 27.0. The number of methoxy groups -OCH3 is 1. The van der Waals surface area contributed by atoms with Crippen LogP contribution >= 0.6 is 0 Å². The van der Waals surface area contributed by atoms with E-state index < -0.39 is 17.9 Å². The van der Waals surface area contributed by atoms with Crippen LogP contribution in [0.3, 0.4) is 0 Å². The number of aliphatic carboxylic acids is 1. The maximum atomic E-state index is 12.9. The van der Waals surface area contributed by atoms with Crippen LogP contribution in [0.4, 0.5) is 17.1 Å². The summed E-state index contributed by atoms with van der Waals surface area (Å²) in [6, 6.07) is 27.6. The summed E-state index contributed by atoms with van der Waals surface area (Å²) in [6.07, 6.45) is 6.29. The summed E-state index contributed by atoms with van der Waals surface area (Å²) in [5, 5.41) is 18.6. The van der Waals surface area contributed by atoms with Gasteiger partial charge in [-0.05, 0) is 90.3 Å². The Bertz CT molecular complexity index is 1570. The largest absolute Gasteiger partial charge is 0.497 e. The van der Waals surface area contributed by atoms with Crippen molar-refractivity contribution in [2.75, 3.05) is 24.4 Å². The summed E-state index contributed by atoms with van der Waals surface area (Å²) in [6.45, 7) is 2.92. The number of hydrogen-bond donors (Lipinski definition) is 4. The molecule has 0 aliphatic carbocycles. The van der Waals surface area contributed by atoms with E-state index in [1.807, 2.05) is 60.7 Å². The van der Waals surface area contributed by atoms with Gasteiger partial charge in [0.05, 0.1) is 20.1 Å². The molecule has 1 atom stereocenters. The second-order valence-electron chi connectivity index (χ2n) is 11.3. The van der Waals surface area contributed by atoms with Crippen molar-refractivity contribution in [3.63, 3.8) is 0 Å². The number of unbranched alkanes of at least 4 members (excludes halogenated alkanes) is 4. The number of benzene rings is 4. The number of nitrogens with one attached hydrogen (secondary N) is 3. The number of carboxylic acids is 1. The Balaban J connectivity index is 1.24. The van der Waals surface area contributed by atoms with Gasteiger partial charge < -0.3 is 30.5 Å². The summed E-state index contributed by atoms with van der Waals surface area (Å²) in [5.41, 5.74) is 4.18. The van der Waals surface area contributed by atoms with Crippen LogP contribution in [0.5, 0.6) is 11.5 Å². The Kier molecular flexibility index (Phi) is 13.2. The normalized spacial score (nSPS) is 11.3. The van der Waals surface area contributed by atoms with Crippen LogP contribution < -0.4 is 25.4 Å². The van der Waals surface area contributed by atoms with Crippen molar-refractivity contribution in [3.8, 4) is 11.5 Å². The maximum Gasteiger partial charge on any atom is 0.326 e. The minimum absolute atomic E-state index is 0.116. The molecule has 2 amide bonds. The van der Waals surface area contributed by atoms with Crippen LogP contribution in [-0.4, -0.2) is 42.6 Å². The van der Waals surface area contributed by atoms with Crippen LogP contribution in [0.25, 0.3) is 0 Å². The Labute approximate surface area is 276 Å². The van der Waals surface area contributed by atoms with Gasteiger partial charge in [0.15, 0.2) is 0 Å². The van der Waals surface area contributed by atoms with E-state index in [2.05, 4.69) is 22.9 Å². The first-order valence-electron chi connectivity index (χ1n) is 16.0. The smallest absolute Gasteiger partial charge is 0.326 e. The monoisotopic (exact) mass is 637 g/mol. The van der Waals surface area contributed by atoms with E-state index in [0.29, 0.717) is 18.0 Å². The molecule has 246 valence electrons. The quantitative estimate of drug-likeness (QED) is 0.0838. The summed E-state index contributed by atoms with van der Waals surface area (Å²) in [7, 11) is 1.58. The molecule has 9 heteroatoms. The predicted molar refractivity (Wildman–Crippen MR) is 185 cm³/mol. The number of ether oxygens (including phenoxy) is 2. The molecule has 0 aliphatic rings. The molecule has 0 aromatic heterocycles. The molecule has 0 aliphatic heterocycles. The molecule has 9 nitrogen and oxygen atoms in total. The lowest BCUT2D eigenvalue weighted by molar-refractivity contribution is -0.139. The number of carbonyl (C=O) groups is 3. The highest BCUT2D eigenvalue weighted by Crippen LogP contribution is 2.21. The van der Waals surface area contributed by atoms with E-state index in [4.69, 9.17) is 9.47 Å². The maximum absolute atomic E-state index is 12.9. The summed E-state index contributed by atoms with van der Waals surface area (Å²) in [5.74, 6) is -0.301. The second-order valence-corrected chi connectivity index (χ2v) is 11.3. The highest BCUT2D eigenvalue weighted by Gasteiger charge is 2.21. The van der Waals surface area contributed by atoms with Gasteiger partial charge in [-0.15, -0.1) is 0 Å². The molecule has 0 bridgehead atoms. The second kappa shape index (κ2) is 18.0. The van der Waals surface area contributed by atoms with E-state index in [-0.39, 0.29) is 24.3 Å². The van der Waals surface area contributed by atoms with Crippen molar-refractivity contribution in [1.82, 2.24) is 5.32 Å². The molecule has 0 saturated carbocycles. The van der Waals surface area contributed by atoms with Gasteiger partial charge in [-0.1, -0.05) is 56.9 Å². The Hall–Kier alpha value is -5.31. The standard InChI is InChI=1S/C38H43N3O6/c1-3-4-5-6-7-24-47-34-22-18-31(19-23-34)39-30-14-8-27(9-15-30)25-35(38(44)45)41-37(43)29-12-16-32(17-13-29)40-36(42)26-28-10-20-33(46-2)21-11-28/h8-23,35,39H,3-7,24-26H2,1-2H3,(H,40,42)(H,41,43)(H,44,45)/t35-/m0/s1. The minimum Gasteiger partial charge on any atom is -0.497 e. The average molecular weight is 638 g/mol. The van der Waals surface area contributed by atoms with Gasteiger partial charge in [-0.25, -0.2) is 4.79 Å². The van der Waals surface area contributed by atoms with Crippen LogP contribution in [0, 0.1) is 0 Å². The van der Waals surface area contributed by atoms with E-state index in [9.17, 15) is 19.5 Å². The number of amides is 2. The number of carboxylic acid groups (broad SMARTS) is 1. The average Bonchev–Trinajstić information content (AvgIpc) is 3.08. The van der Waals surface area contributed by atoms with Gasteiger partial charge in [0, 0.05) is 29.0 Å². The van der Waals surface area contributed by atoms with Gasteiger partial charge in [-0.3, -0.25) is 9.59 Å². The van der Waals surface area contributed by atoms with E-state index in [1.54, 1.807) is 43.5 Å². The first kappa shape index (κ1) is 34.6. The third-order valence-corrected chi connectivity index (χ3v) is 7.61. The van der Waals surface area contributed by atoms with Crippen LogP contribution in [-0.2, 0) is 22.4 Å². The van der Waals surface area contributed by atoms with E-state index >= 15 is 0 Å². The molecule has 4 N–H and O–H groups in total. The Morgan fingerprint density at radius 3 is 1.89 bits per heavy atom. The van der Waals surface area contributed by atoms with Crippen molar-refractivity contribution in [3.05, 3.63) is 114 Å². The van der Waals surface area contributed by atoms with Crippen molar-refractivity contribution in [2.24, 2.45) is 0 Å². The fraction of sp³-hybridized carbons (Fsp3) is 0.289. The zero-order chi connectivity index (χ0) is 33.4. The van der Waals surface area contributed by atoms with Crippen molar-refractivity contribution in [1.29, 1.82) is 0 Å². The van der Waals surface area contributed by atoms with E-state index in [1.165, 1.54) is 25.7 Å². The third-order valence-electron chi connectivity index (χ3n) is 7.61. The predicted octanol–water partition coefficient (Wildman–Crippen LogP) is 7.39. The summed E-state index contributed by atoms with van der Waals surface area (Å²) < 4.78 is 11.0. The van der Waals surface area contributed by atoms with Crippen molar-refractivity contribution < 1.29 is 29.0 Å². The van der Waals surface area contributed by atoms with Gasteiger partial charge in [0.25, 0.3) is 5.91 Å². The number of anilines is 3. The molecule has 0 spiro atoms. The lowest BCUT2D eigenvalue weighted by Crippen LogP contribution is -2.42. The molecule has 0 heterocycles. The van der Waals surface area contributed by atoms with Crippen molar-refractivity contribution in [2.45, 2.75) is 57.9 Å². The highest BCUT2D eigenvalue weighted by molar-refractivity contribution is 5.98. The first-order chi connectivity index (χ1) is 22.8. The highest BCUT2D eigenvalue weighted by atomic mass is 16.5. The lowest BCUT2D eigenvalue weighted by Gasteiger charge is -2.15. The molecule has 0 unspecified atom stereocenters. The van der Waals surface area contributed by atoms with Gasteiger partial charge >= 0.3 is 5.97 Å². The van der Waals surface area contributed by atoms with E-state index in [0.717, 1.165) is 34.7 Å². The van der Waals surface area contributed by atoms with Crippen LogP contribution in [0.1, 0.15) is 60.5 Å². The molecule has 4 aromatic carbocycles. The van der Waals surface area contributed by atoms with Crippen LogP contribution in [0.15, 0.2) is 97.1 Å². The van der Waals surface area contributed by atoms with Gasteiger partial charge in [-0.2, -0.15) is 0 Å². The fourth-order valence-electron chi connectivity index (χ4n) is 4.94. The Morgan fingerprint density at radius 2 is 1.28 bits per heavy atom. The topological polar surface area (TPSA) is 126 Å². The molecule has 0 fully saturated rings. The Morgan fingerprint density at radius 1 is 0.702 bits per heavy atom. The van der Waals surface area contributed by atoms with Crippen LogP contribution in [0.2, 0.25) is 0 Å². The molecular formula is C38H43N3O6. The molecular weight excluding hydrogens is 594 g/mol. The van der Waals surface area contributed by atoms with Gasteiger partial charge in [0.1, 0.15) is 17.5 Å². The third kappa shape index (κ3) is 11.5. The number of carbonyl (C=O) groups excluding carboxylic acids is 2.